The first kappa shape index (κ1) is 13.5. The molecular formula is C15H21NOS. The second-order valence-corrected chi connectivity index (χ2v) is 5.65. The number of benzene rings is 1. The number of carbonyl (C=O) groups excluding carboxylic acids is 1. The van der Waals surface area contributed by atoms with Gasteiger partial charge in [-0.1, -0.05) is 25.0 Å². The average Bonchev–Trinajstić information content (AvgIpc) is 2.57. The zero-order valence-electron chi connectivity index (χ0n) is 10.9. The normalized spacial score (nSPS) is 20.6. The van der Waals surface area contributed by atoms with Crippen LogP contribution in [0.15, 0.2) is 29.2 Å². The van der Waals surface area contributed by atoms with Crippen LogP contribution >= 0.6 is 12.6 Å². The SMILES string of the molecule is CC1CCCCCN1C(=O)Cc1ccc(S)cc1. The Labute approximate surface area is 115 Å². The number of hydrogen-bond donors (Lipinski definition) is 1. The van der Waals surface area contributed by atoms with E-state index in [0.29, 0.717) is 12.5 Å². The van der Waals surface area contributed by atoms with Crippen LogP contribution in [0.4, 0.5) is 0 Å². The second kappa shape index (κ2) is 6.28. The van der Waals surface area contributed by atoms with Gasteiger partial charge in [-0.05, 0) is 37.5 Å². The van der Waals surface area contributed by atoms with Crippen molar-refractivity contribution in [2.24, 2.45) is 0 Å². The molecule has 1 saturated heterocycles. The summed E-state index contributed by atoms with van der Waals surface area (Å²) in [7, 11) is 0. The fraction of sp³-hybridized carbons (Fsp3) is 0.533. The van der Waals surface area contributed by atoms with E-state index in [1.807, 2.05) is 24.3 Å². The molecule has 0 radical (unpaired) electrons. The van der Waals surface area contributed by atoms with Crippen LogP contribution in [0.5, 0.6) is 0 Å². The van der Waals surface area contributed by atoms with E-state index < -0.39 is 0 Å². The van der Waals surface area contributed by atoms with Gasteiger partial charge in [0.25, 0.3) is 0 Å². The minimum Gasteiger partial charge on any atom is -0.340 e. The molecule has 0 bridgehead atoms. The minimum absolute atomic E-state index is 0.260. The van der Waals surface area contributed by atoms with Gasteiger partial charge in [-0.25, -0.2) is 0 Å². The van der Waals surface area contributed by atoms with Gasteiger partial charge in [-0.3, -0.25) is 4.79 Å². The van der Waals surface area contributed by atoms with Crippen LogP contribution in [0.2, 0.25) is 0 Å². The first-order valence-corrected chi connectivity index (χ1v) is 7.19. The third-order valence-electron chi connectivity index (χ3n) is 3.67. The lowest BCUT2D eigenvalue weighted by Crippen LogP contribution is -2.39. The van der Waals surface area contributed by atoms with Crippen molar-refractivity contribution >= 4 is 18.5 Å². The first-order valence-electron chi connectivity index (χ1n) is 6.74. The summed E-state index contributed by atoms with van der Waals surface area (Å²) in [6, 6.07) is 8.25. The molecular weight excluding hydrogens is 242 g/mol. The van der Waals surface area contributed by atoms with E-state index >= 15 is 0 Å². The van der Waals surface area contributed by atoms with Gasteiger partial charge in [0.1, 0.15) is 0 Å². The highest BCUT2D eigenvalue weighted by atomic mass is 32.1. The highest BCUT2D eigenvalue weighted by Crippen LogP contribution is 2.18. The Bertz CT molecular complexity index is 401. The quantitative estimate of drug-likeness (QED) is 0.812. The molecule has 0 spiro atoms. The Kier molecular flexibility index (Phi) is 4.70. The third kappa shape index (κ3) is 3.52. The molecule has 2 nitrogen and oxygen atoms in total. The van der Waals surface area contributed by atoms with Crippen molar-refractivity contribution in [3.8, 4) is 0 Å². The summed E-state index contributed by atoms with van der Waals surface area (Å²) in [5.41, 5.74) is 1.08. The molecule has 1 heterocycles. The summed E-state index contributed by atoms with van der Waals surface area (Å²) in [5, 5.41) is 0. The van der Waals surface area contributed by atoms with Crippen molar-refractivity contribution in [1.29, 1.82) is 0 Å². The van der Waals surface area contributed by atoms with Crippen molar-refractivity contribution in [3.63, 3.8) is 0 Å². The Balaban J connectivity index is 1.99. The Morgan fingerprint density at radius 1 is 1.28 bits per heavy atom. The Morgan fingerprint density at radius 2 is 2.00 bits per heavy atom. The van der Waals surface area contributed by atoms with Gasteiger partial charge in [0.2, 0.25) is 5.91 Å². The summed E-state index contributed by atoms with van der Waals surface area (Å²) in [6.07, 6.45) is 5.30. The fourth-order valence-electron chi connectivity index (χ4n) is 2.54. The van der Waals surface area contributed by atoms with Gasteiger partial charge < -0.3 is 4.90 Å². The fourth-order valence-corrected chi connectivity index (χ4v) is 2.68. The standard InChI is InChI=1S/C15H21NOS/c1-12-5-3-2-4-10-16(12)15(17)11-13-6-8-14(18)9-7-13/h6-9,12,18H,2-5,10-11H2,1H3. The first-order chi connectivity index (χ1) is 8.66. The maximum absolute atomic E-state index is 12.3. The van der Waals surface area contributed by atoms with Crippen molar-refractivity contribution < 1.29 is 4.79 Å². The molecule has 18 heavy (non-hydrogen) atoms. The summed E-state index contributed by atoms with van der Waals surface area (Å²) in [5.74, 6) is 0.260. The molecule has 0 N–H and O–H groups in total. The van der Waals surface area contributed by atoms with Crippen molar-refractivity contribution in [1.82, 2.24) is 4.90 Å². The molecule has 3 heteroatoms. The molecule has 0 saturated carbocycles. The topological polar surface area (TPSA) is 20.3 Å². The van der Waals surface area contributed by atoms with E-state index in [1.165, 1.54) is 12.8 Å². The Morgan fingerprint density at radius 3 is 2.72 bits per heavy atom. The predicted octanol–water partition coefficient (Wildman–Crippen LogP) is 3.31. The summed E-state index contributed by atoms with van der Waals surface area (Å²) >= 11 is 4.26. The molecule has 1 aromatic carbocycles. The molecule has 98 valence electrons. The third-order valence-corrected chi connectivity index (χ3v) is 3.96. The monoisotopic (exact) mass is 263 g/mol. The highest BCUT2D eigenvalue weighted by molar-refractivity contribution is 7.80. The lowest BCUT2D eigenvalue weighted by molar-refractivity contribution is -0.132. The van der Waals surface area contributed by atoms with E-state index in [4.69, 9.17) is 0 Å². The molecule has 1 amide bonds. The molecule has 1 aliphatic heterocycles. The molecule has 1 aromatic rings. The average molecular weight is 263 g/mol. The van der Waals surface area contributed by atoms with E-state index in [0.717, 1.165) is 29.8 Å². The van der Waals surface area contributed by atoms with Crippen molar-refractivity contribution in [2.45, 2.75) is 50.0 Å². The summed E-state index contributed by atoms with van der Waals surface area (Å²) in [6.45, 7) is 3.09. The van der Waals surface area contributed by atoms with Gasteiger partial charge >= 0.3 is 0 Å². The lowest BCUT2D eigenvalue weighted by Gasteiger charge is -2.27. The van der Waals surface area contributed by atoms with Crippen molar-refractivity contribution in [2.75, 3.05) is 6.54 Å². The molecule has 1 fully saturated rings. The maximum atomic E-state index is 12.3. The maximum Gasteiger partial charge on any atom is 0.227 e. The van der Waals surface area contributed by atoms with Crippen LogP contribution in [-0.2, 0) is 11.2 Å². The Hall–Kier alpha value is -0.960. The summed E-state index contributed by atoms with van der Waals surface area (Å²) in [4.78, 5) is 15.3. The molecule has 1 aliphatic rings. The van der Waals surface area contributed by atoms with Gasteiger partial charge in [-0.2, -0.15) is 0 Å². The van der Waals surface area contributed by atoms with Gasteiger partial charge in [0.15, 0.2) is 0 Å². The molecule has 2 rings (SSSR count). The largest absolute Gasteiger partial charge is 0.340 e. The van der Waals surface area contributed by atoms with E-state index in [-0.39, 0.29) is 5.91 Å². The van der Waals surface area contributed by atoms with Gasteiger partial charge in [-0.15, -0.1) is 12.6 Å². The van der Waals surface area contributed by atoms with Crippen LogP contribution in [-0.4, -0.2) is 23.4 Å². The zero-order valence-corrected chi connectivity index (χ0v) is 11.8. The second-order valence-electron chi connectivity index (χ2n) is 5.13. The number of likely N-dealkylation sites (tertiary alicyclic amines) is 1. The molecule has 0 aromatic heterocycles. The van der Waals surface area contributed by atoms with E-state index in [9.17, 15) is 4.79 Å². The number of carbonyl (C=O) groups is 1. The van der Waals surface area contributed by atoms with Gasteiger partial charge in [0, 0.05) is 17.5 Å². The van der Waals surface area contributed by atoms with Gasteiger partial charge in [0.05, 0.1) is 6.42 Å². The number of rotatable bonds is 2. The summed E-state index contributed by atoms with van der Waals surface area (Å²) < 4.78 is 0. The highest BCUT2D eigenvalue weighted by Gasteiger charge is 2.21. The number of amides is 1. The predicted molar refractivity (Wildman–Crippen MR) is 77.0 cm³/mol. The minimum atomic E-state index is 0.260. The number of thiol groups is 1. The van der Waals surface area contributed by atoms with Crippen LogP contribution in [0.3, 0.4) is 0 Å². The van der Waals surface area contributed by atoms with Crippen LogP contribution in [0.25, 0.3) is 0 Å². The van der Waals surface area contributed by atoms with Crippen LogP contribution in [0, 0.1) is 0 Å². The zero-order chi connectivity index (χ0) is 13.0. The lowest BCUT2D eigenvalue weighted by atomic mass is 10.1. The molecule has 1 atom stereocenters. The number of nitrogens with zero attached hydrogens (tertiary/aromatic N) is 1. The van der Waals surface area contributed by atoms with Crippen LogP contribution in [0.1, 0.15) is 38.2 Å². The van der Waals surface area contributed by atoms with E-state index in [2.05, 4.69) is 24.5 Å². The van der Waals surface area contributed by atoms with Crippen molar-refractivity contribution in [3.05, 3.63) is 29.8 Å². The smallest absolute Gasteiger partial charge is 0.227 e. The molecule has 1 unspecified atom stereocenters. The molecule has 0 aliphatic carbocycles. The number of hydrogen-bond acceptors (Lipinski definition) is 2. The van der Waals surface area contributed by atoms with E-state index in [1.54, 1.807) is 0 Å². The van der Waals surface area contributed by atoms with Crippen LogP contribution < -0.4 is 0 Å².